The van der Waals surface area contributed by atoms with Gasteiger partial charge in [-0.1, -0.05) is 5.16 Å². The van der Waals surface area contributed by atoms with Crippen molar-refractivity contribution in [1.82, 2.24) is 15.4 Å². The molecule has 0 spiro atoms. The fourth-order valence-electron chi connectivity index (χ4n) is 4.44. The fraction of sp³-hybridized carbons (Fsp3) is 0.500. The maximum absolute atomic E-state index is 13.0. The topological polar surface area (TPSA) is 213 Å². The minimum absolute atomic E-state index is 0.0471. The molecule has 15 nitrogen and oxygen atoms in total. The third-order valence-electron chi connectivity index (χ3n) is 6.67. The van der Waals surface area contributed by atoms with Crippen LogP contribution in [0.4, 0.5) is 5.82 Å². The highest BCUT2D eigenvalue weighted by atomic mass is 32.2. The lowest BCUT2D eigenvalue weighted by molar-refractivity contribution is -0.126. The molecule has 0 unspecified atom stereocenters. The molecule has 16 heteroatoms. The molecule has 0 aliphatic carbocycles. The van der Waals surface area contributed by atoms with Crippen molar-refractivity contribution in [3.63, 3.8) is 0 Å². The minimum Gasteiger partial charge on any atom is -0.493 e. The number of fused-ring (bicyclic) bond motifs is 1. The molecule has 5 N–H and O–H groups in total. The summed E-state index contributed by atoms with van der Waals surface area (Å²) in [5.74, 6) is 1.00. The molecule has 0 fully saturated rings. The van der Waals surface area contributed by atoms with E-state index < -0.39 is 34.0 Å². The number of methoxy groups -OCH3 is 1. The molecule has 2 atom stereocenters. The van der Waals surface area contributed by atoms with E-state index in [2.05, 4.69) is 15.8 Å². The lowest BCUT2D eigenvalue weighted by Crippen LogP contribution is -2.47. The van der Waals surface area contributed by atoms with Crippen LogP contribution < -0.4 is 30.6 Å². The first-order valence-corrected chi connectivity index (χ1v) is 17.2. The van der Waals surface area contributed by atoms with E-state index in [4.69, 9.17) is 29.0 Å². The number of hydrogen-bond donors (Lipinski definition) is 4. The molecule has 1 heterocycles. The van der Waals surface area contributed by atoms with Crippen molar-refractivity contribution < 1.29 is 46.1 Å². The number of carbonyl (C=O) groups is 3. The maximum atomic E-state index is 13.0. The van der Waals surface area contributed by atoms with Gasteiger partial charge in [-0.25, -0.2) is 0 Å². The average Bonchev–Trinajstić information content (AvgIpc) is 3.39. The molecule has 0 saturated heterocycles. The molecular weight excluding hydrogens is 646 g/mol. The fourth-order valence-corrected chi connectivity index (χ4v) is 4.44. The minimum atomic E-state index is -3.67. The molecule has 3 rings (SSSR count). The summed E-state index contributed by atoms with van der Waals surface area (Å²) in [4.78, 5) is 39.0. The SMILES string of the molecule is COc1cc(C(=O)N(C(C)C)C(C)C)ccc1OCCCCOc1ccc2c(NC(=O)[C@H](C)NC(=O)[C@H](C)N)noc2c1.CS(=O)(=O)O. The van der Waals surface area contributed by atoms with Gasteiger partial charge in [-0.2, -0.15) is 8.42 Å². The van der Waals surface area contributed by atoms with E-state index in [0.717, 1.165) is 12.8 Å². The number of carbonyl (C=O) groups excluding carboxylic acids is 3. The van der Waals surface area contributed by atoms with Crippen LogP contribution in [-0.4, -0.2) is 91.5 Å². The summed E-state index contributed by atoms with van der Waals surface area (Å²) in [5, 5.41) is 9.72. The number of benzene rings is 2. The lowest BCUT2D eigenvalue weighted by atomic mass is 10.1. The highest BCUT2D eigenvalue weighted by Gasteiger charge is 2.23. The number of aromatic nitrogens is 1. The van der Waals surface area contributed by atoms with Crippen molar-refractivity contribution in [2.45, 2.75) is 78.6 Å². The Kier molecular flexibility index (Phi) is 15.1. The summed E-state index contributed by atoms with van der Waals surface area (Å²) in [6, 6.07) is 9.09. The zero-order valence-corrected chi connectivity index (χ0v) is 29.4. The van der Waals surface area contributed by atoms with Crippen LogP contribution >= 0.6 is 0 Å². The van der Waals surface area contributed by atoms with Crippen molar-refractivity contribution in [2.24, 2.45) is 5.73 Å². The highest BCUT2D eigenvalue weighted by Crippen LogP contribution is 2.30. The van der Waals surface area contributed by atoms with Gasteiger partial charge in [-0.05, 0) is 84.7 Å². The number of nitrogens with one attached hydrogen (secondary N) is 2. The number of unbranched alkanes of at least 4 members (excludes halogenated alkanes) is 1. The number of nitrogens with two attached hydrogens (primary N) is 1. The van der Waals surface area contributed by atoms with E-state index >= 15 is 0 Å². The normalized spacial score (nSPS) is 12.5. The van der Waals surface area contributed by atoms with Crippen LogP contribution in [0.1, 0.15) is 64.7 Å². The first-order chi connectivity index (χ1) is 22.4. The molecule has 0 aliphatic heterocycles. The first kappa shape index (κ1) is 39.8. The number of anilines is 1. The molecule has 1 aromatic heterocycles. The predicted octanol–water partition coefficient (Wildman–Crippen LogP) is 3.63. The van der Waals surface area contributed by atoms with Crippen LogP contribution in [0.2, 0.25) is 0 Å². The second-order valence-electron chi connectivity index (χ2n) is 11.6. The van der Waals surface area contributed by atoms with Crippen LogP contribution in [0.5, 0.6) is 17.2 Å². The number of ether oxygens (including phenoxy) is 3. The Morgan fingerprint density at radius 3 is 2.10 bits per heavy atom. The van der Waals surface area contributed by atoms with Gasteiger partial charge in [0.25, 0.3) is 16.0 Å². The average molecular weight is 694 g/mol. The Balaban J connectivity index is 0.00000149. The van der Waals surface area contributed by atoms with Crippen LogP contribution in [0.25, 0.3) is 11.0 Å². The maximum Gasteiger partial charge on any atom is 0.261 e. The smallest absolute Gasteiger partial charge is 0.261 e. The Morgan fingerprint density at radius 1 is 0.938 bits per heavy atom. The van der Waals surface area contributed by atoms with Crippen molar-refractivity contribution in [3.05, 3.63) is 42.0 Å². The quantitative estimate of drug-likeness (QED) is 0.133. The van der Waals surface area contributed by atoms with E-state index in [1.165, 1.54) is 6.92 Å². The highest BCUT2D eigenvalue weighted by molar-refractivity contribution is 7.85. The van der Waals surface area contributed by atoms with Crippen molar-refractivity contribution >= 4 is 44.6 Å². The van der Waals surface area contributed by atoms with E-state index in [0.29, 0.717) is 53.3 Å². The molecular formula is C32H47N5O10S. The largest absolute Gasteiger partial charge is 0.493 e. The first-order valence-electron chi connectivity index (χ1n) is 15.4. The van der Waals surface area contributed by atoms with Crippen LogP contribution in [0, 0.1) is 0 Å². The third kappa shape index (κ3) is 12.7. The monoisotopic (exact) mass is 693 g/mol. The van der Waals surface area contributed by atoms with Crippen molar-refractivity contribution in [1.29, 1.82) is 0 Å². The molecule has 3 aromatic rings. The molecule has 0 radical (unpaired) electrons. The number of nitrogens with zero attached hydrogens (tertiary/aromatic N) is 2. The molecule has 266 valence electrons. The van der Waals surface area contributed by atoms with E-state index in [-0.39, 0.29) is 23.8 Å². The second-order valence-corrected chi connectivity index (χ2v) is 13.1. The summed E-state index contributed by atoms with van der Waals surface area (Å²) in [6.07, 6.45) is 2.18. The summed E-state index contributed by atoms with van der Waals surface area (Å²) in [5.41, 5.74) is 6.53. The number of rotatable bonds is 15. The summed E-state index contributed by atoms with van der Waals surface area (Å²) in [7, 11) is -2.11. The Labute approximate surface area is 281 Å². The standard InChI is InChI=1S/C31H43N5O7.CH4O3S/c1-18(2)36(19(3)4)31(39)22-10-13-25(27(16-22)40-7)42-15-9-8-14-41-23-11-12-24-26(17-23)43-35-28(24)34-30(38)21(6)33-29(37)20(5)32;1-5(2,3)4/h10-13,16-21H,8-9,14-15,32H2,1-7H3,(H,33,37)(H,34,35,38);1H3,(H,2,3,4)/t20-,21-;/m0./s1. The van der Waals surface area contributed by atoms with Crippen molar-refractivity contribution in [2.75, 3.05) is 31.9 Å². The van der Waals surface area contributed by atoms with Crippen LogP contribution in [0.3, 0.4) is 0 Å². The van der Waals surface area contributed by atoms with Gasteiger partial charge in [0, 0.05) is 23.7 Å². The van der Waals surface area contributed by atoms with Gasteiger partial charge >= 0.3 is 0 Å². The van der Waals surface area contributed by atoms with Crippen LogP contribution in [0.15, 0.2) is 40.9 Å². The number of amides is 3. The second kappa shape index (κ2) is 18.2. The van der Waals surface area contributed by atoms with Crippen molar-refractivity contribution in [3.8, 4) is 17.2 Å². The predicted molar refractivity (Wildman–Crippen MR) is 181 cm³/mol. The van der Waals surface area contributed by atoms with Crippen LogP contribution in [-0.2, 0) is 19.7 Å². The summed E-state index contributed by atoms with van der Waals surface area (Å²) >= 11 is 0. The van der Waals surface area contributed by atoms with Gasteiger partial charge in [0.1, 0.15) is 11.8 Å². The zero-order chi connectivity index (χ0) is 36.2. The van der Waals surface area contributed by atoms with E-state index in [9.17, 15) is 22.8 Å². The Morgan fingerprint density at radius 2 is 1.54 bits per heavy atom. The molecule has 0 aliphatic rings. The van der Waals surface area contributed by atoms with Gasteiger partial charge in [0.2, 0.25) is 11.8 Å². The lowest BCUT2D eigenvalue weighted by Gasteiger charge is -2.31. The molecule has 48 heavy (non-hydrogen) atoms. The molecule has 3 amide bonds. The zero-order valence-electron chi connectivity index (χ0n) is 28.6. The van der Waals surface area contributed by atoms with Gasteiger partial charge in [0.15, 0.2) is 22.9 Å². The molecule has 0 saturated carbocycles. The number of hydrogen-bond acceptors (Lipinski definition) is 11. The third-order valence-corrected chi connectivity index (χ3v) is 6.67. The summed E-state index contributed by atoms with van der Waals surface area (Å²) < 4.78 is 48.5. The van der Waals surface area contributed by atoms with Gasteiger partial charge in [-0.15, -0.1) is 0 Å². The van der Waals surface area contributed by atoms with Gasteiger partial charge < -0.3 is 40.0 Å². The van der Waals surface area contributed by atoms with Gasteiger partial charge in [-0.3, -0.25) is 18.9 Å². The van der Waals surface area contributed by atoms with E-state index in [1.807, 2.05) is 32.6 Å². The van der Waals surface area contributed by atoms with Gasteiger partial charge in [0.05, 0.1) is 38.0 Å². The Bertz CT molecular complexity index is 1620. The molecule has 0 bridgehead atoms. The van der Waals surface area contributed by atoms with E-state index in [1.54, 1.807) is 50.4 Å². The Hall–Kier alpha value is -4.41. The molecule has 2 aromatic carbocycles. The summed E-state index contributed by atoms with van der Waals surface area (Å²) in [6.45, 7) is 12.0.